The fraction of sp³-hybridized carbons (Fsp3) is 0.650. The van der Waals surface area contributed by atoms with Crippen LogP contribution in [0.5, 0.6) is 5.75 Å². The molecule has 1 aromatic carbocycles. The van der Waals surface area contributed by atoms with Crippen molar-refractivity contribution >= 4 is 13.7 Å². The summed E-state index contributed by atoms with van der Waals surface area (Å²) in [5.74, 6) is 0.361. The fourth-order valence-corrected chi connectivity index (χ4v) is 3.59. The Bertz CT molecular complexity index is 678. The van der Waals surface area contributed by atoms with Crippen LogP contribution in [0, 0.1) is 0 Å². The summed E-state index contributed by atoms with van der Waals surface area (Å²) >= 11 is 0. The summed E-state index contributed by atoms with van der Waals surface area (Å²) in [6.07, 6.45) is 2.11. The van der Waals surface area contributed by atoms with E-state index < -0.39 is 8.03 Å². The predicted octanol–water partition coefficient (Wildman–Crippen LogP) is 5.32. The Labute approximate surface area is 157 Å². The highest BCUT2D eigenvalue weighted by Crippen LogP contribution is 2.42. The molecule has 5 nitrogen and oxygen atoms in total. The first-order chi connectivity index (χ1) is 11.9. The molecule has 6 heteroatoms. The molecule has 0 spiro atoms. The van der Waals surface area contributed by atoms with Gasteiger partial charge in [0.05, 0.1) is 5.71 Å². The van der Waals surface area contributed by atoms with Crippen molar-refractivity contribution in [3.05, 3.63) is 28.8 Å². The van der Waals surface area contributed by atoms with Gasteiger partial charge in [0.1, 0.15) is 5.75 Å². The van der Waals surface area contributed by atoms with Crippen LogP contribution in [0.15, 0.2) is 17.3 Å². The summed E-state index contributed by atoms with van der Waals surface area (Å²) in [6, 6.07) is 4.05. The number of hydrogen-bond donors (Lipinski definition) is 2. The third-order valence-corrected chi connectivity index (χ3v) is 5.36. The normalized spacial score (nSPS) is 18.5. The summed E-state index contributed by atoms with van der Waals surface area (Å²) in [4.78, 5) is 14.6. The van der Waals surface area contributed by atoms with Gasteiger partial charge in [0.2, 0.25) is 0 Å². The average Bonchev–Trinajstić information content (AvgIpc) is 2.93. The maximum atomic E-state index is 10.8. The van der Waals surface area contributed by atoms with Crippen LogP contribution in [0.2, 0.25) is 0 Å². The van der Waals surface area contributed by atoms with E-state index in [0.29, 0.717) is 31.2 Å². The van der Waals surface area contributed by atoms with Crippen molar-refractivity contribution in [3.63, 3.8) is 0 Å². The Balaban J connectivity index is 2.27. The Morgan fingerprint density at radius 1 is 1.15 bits per heavy atom. The van der Waals surface area contributed by atoms with Gasteiger partial charge in [0, 0.05) is 6.42 Å². The molecule has 1 heterocycles. The van der Waals surface area contributed by atoms with Crippen LogP contribution in [-0.2, 0) is 20.2 Å². The molecule has 0 aliphatic carbocycles. The Morgan fingerprint density at radius 3 is 2.15 bits per heavy atom. The van der Waals surface area contributed by atoms with Gasteiger partial charge in [0.25, 0.3) is 0 Å². The van der Waals surface area contributed by atoms with Crippen LogP contribution in [-0.4, -0.2) is 21.9 Å². The van der Waals surface area contributed by atoms with Crippen molar-refractivity contribution in [2.45, 2.75) is 77.7 Å². The monoisotopic (exact) mass is 380 g/mol. The summed E-state index contributed by atoms with van der Waals surface area (Å²) in [5.41, 5.74) is 3.39. The predicted molar refractivity (Wildman–Crippen MR) is 105 cm³/mol. The minimum atomic E-state index is -2.09. The van der Waals surface area contributed by atoms with Gasteiger partial charge in [-0.1, -0.05) is 46.7 Å². The second kappa shape index (κ2) is 7.66. The van der Waals surface area contributed by atoms with Crippen LogP contribution < -0.4 is 0 Å². The molecule has 1 aliphatic heterocycles. The Hall–Kier alpha value is -1.45. The molecule has 0 saturated carbocycles. The van der Waals surface area contributed by atoms with Crippen molar-refractivity contribution in [2.75, 3.05) is 6.16 Å². The third-order valence-electron chi connectivity index (χ3n) is 4.66. The van der Waals surface area contributed by atoms with E-state index in [1.807, 2.05) is 12.1 Å². The molecule has 2 atom stereocenters. The molecule has 1 aromatic rings. The molecular formula is C20H31NO4P+. The topological polar surface area (TPSA) is 79.1 Å². The van der Waals surface area contributed by atoms with E-state index in [9.17, 15) is 9.67 Å². The minimum Gasteiger partial charge on any atom is -0.507 e. The zero-order valence-electron chi connectivity index (χ0n) is 16.7. The molecule has 2 rings (SSSR count). The maximum absolute atomic E-state index is 10.8. The molecule has 0 radical (unpaired) electrons. The lowest BCUT2D eigenvalue weighted by atomic mass is 9.77. The van der Waals surface area contributed by atoms with Gasteiger partial charge < -0.3 is 9.94 Å². The van der Waals surface area contributed by atoms with Gasteiger partial charge in [-0.2, -0.15) is 4.89 Å². The van der Waals surface area contributed by atoms with Crippen LogP contribution in [0.25, 0.3) is 0 Å². The van der Waals surface area contributed by atoms with E-state index in [-0.39, 0.29) is 16.9 Å². The molecule has 0 fully saturated rings. The largest absolute Gasteiger partial charge is 0.507 e. The molecule has 0 bridgehead atoms. The third kappa shape index (κ3) is 5.05. The second-order valence-corrected chi connectivity index (χ2v) is 10.3. The number of rotatable bonds is 5. The van der Waals surface area contributed by atoms with E-state index in [1.165, 1.54) is 0 Å². The van der Waals surface area contributed by atoms with Gasteiger partial charge in [-0.15, -0.1) is 0 Å². The summed E-state index contributed by atoms with van der Waals surface area (Å²) in [6.45, 7) is 12.5. The molecule has 0 aromatic heterocycles. The van der Waals surface area contributed by atoms with Gasteiger partial charge in [-0.3, -0.25) is 0 Å². The molecular weight excluding hydrogens is 349 g/mol. The lowest BCUT2D eigenvalue weighted by molar-refractivity contribution is 0.0854. The van der Waals surface area contributed by atoms with E-state index in [2.05, 4.69) is 46.7 Å². The number of nitrogens with zero attached hydrogens (tertiary/aromatic N) is 1. The molecule has 1 aliphatic rings. The zero-order valence-corrected chi connectivity index (χ0v) is 17.6. The van der Waals surface area contributed by atoms with Crippen molar-refractivity contribution in [1.82, 2.24) is 0 Å². The highest BCUT2D eigenvalue weighted by molar-refractivity contribution is 7.37. The smallest absolute Gasteiger partial charge is 0.505 e. The van der Waals surface area contributed by atoms with Crippen molar-refractivity contribution in [3.8, 4) is 5.75 Å². The quantitative estimate of drug-likeness (QED) is 0.678. The summed E-state index contributed by atoms with van der Waals surface area (Å²) in [5, 5.41) is 15.0. The highest BCUT2D eigenvalue weighted by atomic mass is 31.1. The Morgan fingerprint density at radius 2 is 1.69 bits per heavy atom. The second-order valence-electron chi connectivity index (χ2n) is 9.10. The van der Waals surface area contributed by atoms with Crippen molar-refractivity contribution in [2.24, 2.45) is 5.16 Å². The van der Waals surface area contributed by atoms with Crippen LogP contribution in [0.4, 0.5) is 0 Å². The van der Waals surface area contributed by atoms with E-state index in [1.54, 1.807) is 0 Å². The van der Waals surface area contributed by atoms with Crippen LogP contribution >= 0.6 is 8.03 Å². The number of oxime groups is 1. The van der Waals surface area contributed by atoms with Gasteiger partial charge in [-0.05, 0) is 57.1 Å². The molecule has 2 unspecified atom stereocenters. The van der Waals surface area contributed by atoms with Crippen LogP contribution in [0.1, 0.15) is 83.6 Å². The number of phenols is 1. The highest BCUT2D eigenvalue weighted by Gasteiger charge is 2.30. The number of phenolic OH excluding ortho intramolecular Hbond substituents is 1. The summed E-state index contributed by atoms with van der Waals surface area (Å²) < 4.78 is 10.8. The standard InChI is InChI=1S/C20H30NO4P/c1-19(2,3)15-10-13(11-16(18(15)22)20(4,5)6)17-12-14(21-25-17)8-7-9-26(23)24/h10-11,17H,7-9,12H2,1-6H3,(H-,22,23,24)/p+1. The minimum absolute atomic E-state index is 0.171. The van der Waals surface area contributed by atoms with E-state index >= 15 is 0 Å². The Kier molecular flexibility index (Phi) is 6.14. The first-order valence-corrected chi connectivity index (χ1v) is 10.5. The lowest BCUT2D eigenvalue weighted by Crippen LogP contribution is -2.18. The average molecular weight is 380 g/mol. The number of hydrogen-bond acceptors (Lipinski definition) is 4. The van der Waals surface area contributed by atoms with Gasteiger partial charge in [0.15, 0.2) is 12.3 Å². The van der Waals surface area contributed by atoms with Crippen LogP contribution in [0.3, 0.4) is 0 Å². The molecule has 0 amide bonds. The molecule has 2 N–H and O–H groups in total. The zero-order chi connectivity index (χ0) is 19.7. The summed E-state index contributed by atoms with van der Waals surface area (Å²) in [7, 11) is -2.09. The number of benzene rings is 1. The number of aromatic hydroxyl groups is 1. The maximum Gasteiger partial charge on any atom is 0.505 e. The first kappa shape index (κ1) is 20.9. The lowest BCUT2D eigenvalue weighted by Gasteiger charge is -2.29. The molecule has 144 valence electrons. The first-order valence-electron chi connectivity index (χ1n) is 9.12. The molecule has 0 saturated heterocycles. The SMILES string of the molecule is CC(C)(C)c1cc(C2CC(CCC[P+](=O)O)=NO2)cc(C(C)(C)C)c1O. The van der Waals surface area contributed by atoms with Crippen molar-refractivity contribution in [1.29, 1.82) is 0 Å². The van der Waals surface area contributed by atoms with E-state index in [4.69, 9.17) is 9.73 Å². The van der Waals surface area contributed by atoms with Gasteiger partial charge >= 0.3 is 8.03 Å². The van der Waals surface area contributed by atoms with Crippen molar-refractivity contribution < 1.29 is 19.4 Å². The fourth-order valence-electron chi connectivity index (χ4n) is 3.16. The van der Waals surface area contributed by atoms with E-state index in [0.717, 1.165) is 22.4 Å². The molecule has 26 heavy (non-hydrogen) atoms. The van der Waals surface area contributed by atoms with Gasteiger partial charge in [-0.25, -0.2) is 0 Å².